The first kappa shape index (κ1) is 17.9. The number of aliphatic hydroxyl groups is 2. The van der Waals surface area contributed by atoms with Gasteiger partial charge in [-0.3, -0.25) is 0 Å². The second-order valence-corrected chi connectivity index (χ2v) is 5.69. The molecule has 0 saturated heterocycles. The Bertz CT molecular complexity index is 166. The van der Waals surface area contributed by atoms with E-state index in [1.54, 1.807) is 0 Å². The van der Waals surface area contributed by atoms with Crippen molar-refractivity contribution in [1.82, 2.24) is 0 Å². The minimum atomic E-state index is -0.238. The molecule has 2 heteroatoms. The monoisotopic (exact) mass is 258 g/mol. The fourth-order valence-electron chi connectivity index (χ4n) is 2.55. The van der Waals surface area contributed by atoms with Crippen molar-refractivity contribution >= 4 is 0 Å². The smallest absolute Gasteiger partial charge is 0.0569 e. The van der Waals surface area contributed by atoms with E-state index in [4.69, 9.17) is 0 Å². The Morgan fingerprint density at radius 1 is 0.889 bits per heavy atom. The molecule has 0 aromatic carbocycles. The number of aliphatic hydroxyl groups excluding tert-OH is 2. The number of unbranched alkanes of at least 4 members (excludes halogenated alkanes) is 6. The first-order valence-corrected chi connectivity index (χ1v) is 7.96. The molecule has 3 atom stereocenters. The highest BCUT2D eigenvalue weighted by Crippen LogP contribution is 2.22. The summed E-state index contributed by atoms with van der Waals surface area (Å²) in [5.74, 6) is 0.477. The molecule has 0 amide bonds. The van der Waals surface area contributed by atoms with Gasteiger partial charge in [0.2, 0.25) is 0 Å². The molecule has 0 saturated carbocycles. The van der Waals surface area contributed by atoms with Gasteiger partial charge in [-0.15, -0.1) is 0 Å². The zero-order valence-electron chi connectivity index (χ0n) is 12.7. The predicted octanol–water partition coefficient (Wildman–Crippen LogP) is 4.14. The van der Waals surface area contributed by atoms with Gasteiger partial charge in [0, 0.05) is 6.61 Å². The first-order valence-electron chi connectivity index (χ1n) is 7.96. The Hall–Kier alpha value is -0.0800. The SMILES string of the molecule is CCCCCCCCC[C@@H](O)[C@@H](C)[C@H](CC)CO. The standard InChI is InChI=1S/C16H34O2/c1-4-6-7-8-9-10-11-12-16(18)14(3)15(5-2)13-17/h14-18H,4-13H2,1-3H3/t14-,15+,16+/m0/s1. The average Bonchev–Trinajstić information content (AvgIpc) is 2.38. The lowest BCUT2D eigenvalue weighted by atomic mass is 9.85. The van der Waals surface area contributed by atoms with Crippen LogP contribution in [0, 0.1) is 11.8 Å². The van der Waals surface area contributed by atoms with Crippen molar-refractivity contribution in [3.63, 3.8) is 0 Å². The molecular formula is C16H34O2. The van der Waals surface area contributed by atoms with Crippen LogP contribution in [-0.4, -0.2) is 22.9 Å². The summed E-state index contributed by atoms with van der Waals surface area (Å²) in [7, 11) is 0. The van der Waals surface area contributed by atoms with E-state index in [-0.39, 0.29) is 24.5 Å². The van der Waals surface area contributed by atoms with Gasteiger partial charge < -0.3 is 10.2 Å². The maximum atomic E-state index is 10.1. The van der Waals surface area contributed by atoms with Crippen LogP contribution in [0.2, 0.25) is 0 Å². The summed E-state index contributed by atoms with van der Waals surface area (Å²) >= 11 is 0. The van der Waals surface area contributed by atoms with E-state index in [0.29, 0.717) is 0 Å². The van der Waals surface area contributed by atoms with Gasteiger partial charge >= 0.3 is 0 Å². The second-order valence-electron chi connectivity index (χ2n) is 5.69. The molecule has 0 aliphatic carbocycles. The lowest BCUT2D eigenvalue weighted by Crippen LogP contribution is -2.27. The lowest BCUT2D eigenvalue weighted by molar-refractivity contribution is 0.0488. The van der Waals surface area contributed by atoms with Gasteiger partial charge in [0.1, 0.15) is 0 Å². The highest BCUT2D eigenvalue weighted by atomic mass is 16.3. The third kappa shape index (κ3) is 8.10. The topological polar surface area (TPSA) is 40.5 Å². The summed E-state index contributed by atoms with van der Waals surface area (Å²) in [6.45, 7) is 6.59. The third-order valence-corrected chi connectivity index (χ3v) is 4.21. The molecule has 18 heavy (non-hydrogen) atoms. The number of hydrogen-bond donors (Lipinski definition) is 2. The molecule has 0 aromatic rings. The summed E-state index contributed by atoms with van der Waals surface area (Å²) in [6.07, 6.45) is 10.6. The van der Waals surface area contributed by atoms with Crippen LogP contribution in [0.1, 0.15) is 78.6 Å². The maximum absolute atomic E-state index is 10.1. The Morgan fingerprint density at radius 2 is 1.44 bits per heavy atom. The van der Waals surface area contributed by atoms with Crippen LogP contribution < -0.4 is 0 Å². The summed E-state index contributed by atoms with van der Waals surface area (Å²) in [5.41, 5.74) is 0. The fourth-order valence-corrected chi connectivity index (χ4v) is 2.55. The van der Waals surface area contributed by atoms with E-state index in [0.717, 1.165) is 19.3 Å². The van der Waals surface area contributed by atoms with Crippen molar-refractivity contribution in [2.45, 2.75) is 84.7 Å². The van der Waals surface area contributed by atoms with E-state index in [2.05, 4.69) is 20.8 Å². The fraction of sp³-hybridized carbons (Fsp3) is 1.00. The normalized spacial score (nSPS) is 16.5. The minimum Gasteiger partial charge on any atom is -0.396 e. The van der Waals surface area contributed by atoms with Crippen LogP contribution in [0.3, 0.4) is 0 Å². The van der Waals surface area contributed by atoms with Gasteiger partial charge in [-0.1, -0.05) is 72.1 Å². The predicted molar refractivity (Wildman–Crippen MR) is 78.6 cm³/mol. The molecule has 0 aliphatic heterocycles. The van der Waals surface area contributed by atoms with Crippen LogP contribution in [0.15, 0.2) is 0 Å². The summed E-state index contributed by atoms with van der Waals surface area (Å²) < 4.78 is 0. The lowest BCUT2D eigenvalue weighted by Gasteiger charge is -2.25. The van der Waals surface area contributed by atoms with E-state index in [1.807, 2.05) is 0 Å². The van der Waals surface area contributed by atoms with Crippen molar-refractivity contribution < 1.29 is 10.2 Å². The van der Waals surface area contributed by atoms with Gasteiger partial charge in [0.05, 0.1) is 6.10 Å². The number of rotatable bonds is 12. The van der Waals surface area contributed by atoms with Crippen molar-refractivity contribution in [3.8, 4) is 0 Å². The van der Waals surface area contributed by atoms with Crippen LogP contribution in [0.5, 0.6) is 0 Å². The molecule has 0 heterocycles. The summed E-state index contributed by atoms with van der Waals surface area (Å²) in [5, 5.41) is 19.3. The number of hydrogen-bond acceptors (Lipinski definition) is 2. The van der Waals surface area contributed by atoms with Crippen LogP contribution in [0.4, 0.5) is 0 Å². The van der Waals surface area contributed by atoms with Gasteiger partial charge in [0.15, 0.2) is 0 Å². The molecule has 2 nitrogen and oxygen atoms in total. The first-order chi connectivity index (χ1) is 8.67. The highest BCUT2D eigenvalue weighted by Gasteiger charge is 2.21. The molecule has 0 spiro atoms. The van der Waals surface area contributed by atoms with E-state index >= 15 is 0 Å². The van der Waals surface area contributed by atoms with Crippen LogP contribution >= 0.6 is 0 Å². The zero-order chi connectivity index (χ0) is 13.8. The molecule has 0 aliphatic rings. The second kappa shape index (κ2) is 12.0. The molecule has 0 radical (unpaired) electrons. The van der Waals surface area contributed by atoms with Crippen molar-refractivity contribution in [3.05, 3.63) is 0 Å². The van der Waals surface area contributed by atoms with E-state index < -0.39 is 0 Å². The third-order valence-electron chi connectivity index (χ3n) is 4.21. The maximum Gasteiger partial charge on any atom is 0.0569 e. The Morgan fingerprint density at radius 3 is 1.94 bits per heavy atom. The molecule has 0 bridgehead atoms. The highest BCUT2D eigenvalue weighted by molar-refractivity contribution is 4.72. The average molecular weight is 258 g/mol. The van der Waals surface area contributed by atoms with Gasteiger partial charge in [-0.05, 0) is 18.3 Å². The molecule has 0 unspecified atom stereocenters. The molecule has 2 N–H and O–H groups in total. The van der Waals surface area contributed by atoms with Crippen molar-refractivity contribution in [2.75, 3.05) is 6.61 Å². The Labute approximate surface area is 114 Å². The molecule has 110 valence electrons. The van der Waals surface area contributed by atoms with E-state index in [1.165, 1.54) is 38.5 Å². The molecule has 0 fully saturated rings. The molecule has 0 aromatic heterocycles. The van der Waals surface area contributed by atoms with Crippen molar-refractivity contribution in [2.24, 2.45) is 11.8 Å². The quantitative estimate of drug-likeness (QED) is 0.516. The van der Waals surface area contributed by atoms with E-state index in [9.17, 15) is 10.2 Å². The summed E-state index contributed by atoms with van der Waals surface area (Å²) in [6, 6.07) is 0. The van der Waals surface area contributed by atoms with Crippen molar-refractivity contribution in [1.29, 1.82) is 0 Å². The molecular weight excluding hydrogens is 224 g/mol. The molecule has 0 rings (SSSR count). The van der Waals surface area contributed by atoms with Gasteiger partial charge in [-0.2, -0.15) is 0 Å². The van der Waals surface area contributed by atoms with Crippen LogP contribution in [-0.2, 0) is 0 Å². The van der Waals surface area contributed by atoms with Gasteiger partial charge in [0.25, 0.3) is 0 Å². The van der Waals surface area contributed by atoms with Gasteiger partial charge in [-0.25, -0.2) is 0 Å². The largest absolute Gasteiger partial charge is 0.396 e. The Balaban J connectivity index is 3.54. The minimum absolute atomic E-state index is 0.200. The van der Waals surface area contributed by atoms with Crippen LogP contribution in [0.25, 0.3) is 0 Å². The Kier molecular flexibility index (Phi) is 11.9. The summed E-state index contributed by atoms with van der Waals surface area (Å²) in [4.78, 5) is 0. The zero-order valence-corrected chi connectivity index (χ0v) is 12.7.